The lowest BCUT2D eigenvalue weighted by molar-refractivity contribution is 0.649. The minimum atomic E-state index is 0.156. The predicted octanol–water partition coefficient (Wildman–Crippen LogP) is 5.12. The molecule has 0 spiro atoms. The molecular formula is C12H13Cl2NS2. The third-order valence-electron chi connectivity index (χ3n) is 2.48. The molecule has 0 aromatic carbocycles. The lowest BCUT2D eigenvalue weighted by Crippen LogP contribution is -2.20. The van der Waals surface area contributed by atoms with Crippen LogP contribution in [-0.4, -0.2) is 6.54 Å². The van der Waals surface area contributed by atoms with Crippen molar-refractivity contribution in [3.05, 3.63) is 42.2 Å². The average molecular weight is 306 g/mol. The lowest BCUT2D eigenvalue weighted by atomic mass is 10.2. The van der Waals surface area contributed by atoms with Crippen LogP contribution < -0.4 is 5.32 Å². The molecule has 0 aliphatic carbocycles. The second kappa shape index (κ2) is 5.72. The van der Waals surface area contributed by atoms with E-state index in [9.17, 15) is 0 Å². The van der Waals surface area contributed by atoms with Gasteiger partial charge < -0.3 is 5.32 Å². The molecule has 0 saturated heterocycles. The van der Waals surface area contributed by atoms with Gasteiger partial charge in [-0.2, -0.15) is 0 Å². The van der Waals surface area contributed by atoms with Crippen LogP contribution in [0, 0.1) is 6.92 Å². The largest absolute Gasteiger partial charge is 0.305 e. The van der Waals surface area contributed by atoms with Crippen LogP contribution >= 0.6 is 45.9 Å². The van der Waals surface area contributed by atoms with Crippen molar-refractivity contribution in [3.8, 4) is 0 Å². The molecule has 0 saturated carbocycles. The Hall–Kier alpha value is -0.0600. The second-order valence-electron chi connectivity index (χ2n) is 3.73. The standard InChI is InChI=1S/C12H13Cl2NS2/c1-3-15-10(11-8(13)4-5-16-11)9-6-7(2)12(14)17-9/h4-6,10,15H,3H2,1-2H3. The number of nitrogens with one attached hydrogen (secondary N) is 1. The van der Waals surface area contributed by atoms with Gasteiger partial charge in [0.15, 0.2) is 0 Å². The van der Waals surface area contributed by atoms with Crippen LogP contribution in [0.2, 0.25) is 9.36 Å². The maximum Gasteiger partial charge on any atom is 0.0961 e. The Morgan fingerprint density at radius 3 is 2.65 bits per heavy atom. The smallest absolute Gasteiger partial charge is 0.0961 e. The van der Waals surface area contributed by atoms with Gasteiger partial charge in [0.2, 0.25) is 0 Å². The van der Waals surface area contributed by atoms with Crippen LogP contribution in [0.25, 0.3) is 0 Å². The fraction of sp³-hybridized carbons (Fsp3) is 0.333. The van der Waals surface area contributed by atoms with Gasteiger partial charge >= 0.3 is 0 Å². The molecule has 5 heteroatoms. The molecule has 2 aromatic heterocycles. The van der Waals surface area contributed by atoms with E-state index in [1.807, 2.05) is 18.4 Å². The SMILES string of the molecule is CCNC(c1cc(C)c(Cl)s1)c1sccc1Cl. The molecule has 2 aromatic rings. The zero-order chi connectivity index (χ0) is 12.4. The Kier molecular flexibility index (Phi) is 4.50. The number of aryl methyl sites for hydroxylation is 1. The van der Waals surface area contributed by atoms with Crippen molar-refractivity contribution in [1.82, 2.24) is 5.32 Å². The maximum atomic E-state index is 6.21. The molecule has 1 nitrogen and oxygen atoms in total. The Balaban J connectivity index is 2.39. The van der Waals surface area contributed by atoms with Gasteiger partial charge in [-0.15, -0.1) is 22.7 Å². The van der Waals surface area contributed by atoms with E-state index in [1.165, 1.54) is 4.88 Å². The molecule has 1 unspecified atom stereocenters. The van der Waals surface area contributed by atoms with E-state index < -0.39 is 0 Å². The van der Waals surface area contributed by atoms with E-state index >= 15 is 0 Å². The number of hydrogen-bond acceptors (Lipinski definition) is 3. The number of thiophene rings is 2. The van der Waals surface area contributed by atoms with E-state index in [4.69, 9.17) is 23.2 Å². The minimum Gasteiger partial charge on any atom is -0.305 e. The van der Waals surface area contributed by atoms with Crippen LogP contribution in [0.5, 0.6) is 0 Å². The molecule has 1 atom stereocenters. The van der Waals surface area contributed by atoms with Crippen LogP contribution in [0.15, 0.2) is 17.5 Å². The van der Waals surface area contributed by atoms with E-state index in [1.54, 1.807) is 22.7 Å². The molecule has 2 rings (SSSR count). The van der Waals surface area contributed by atoms with Gasteiger partial charge in [0.25, 0.3) is 0 Å². The summed E-state index contributed by atoms with van der Waals surface area (Å²) in [7, 11) is 0. The molecule has 0 bridgehead atoms. The summed E-state index contributed by atoms with van der Waals surface area (Å²) in [6, 6.07) is 4.23. The Morgan fingerprint density at radius 1 is 1.41 bits per heavy atom. The summed E-state index contributed by atoms with van der Waals surface area (Å²) >= 11 is 15.6. The predicted molar refractivity (Wildman–Crippen MR) is 78.9 cm³/mol. The third-order valence-corrected chi connectivity index (χ3v) is 5.52. The summed E-state index contributed by atoms with van der Waals surface area (Å²) in [4.78, 5) is 2.38. The topological polar surface area (TPSA) is 12.0 Å². The molecule has 0 aliphatic heterocycles. The first-order valence-electron chi connectivity index (χ1n) is 5.35. The molecule has 0 fully saturated rings. The van der Waals surface area contributed by atoms with Gasteiger partial charge in [-0.25, -0.2) is 0 Å². The monoisotopic (exact) mass is 305 g/mol. The fourth-order valence-electron chi connectivity index (χ4n) is 1.66. The van der Waals surface area contributed by atoms with E-state index in [-0.39, 0.29) is 6.04 Å². The molecular weight excluding hydrogens is 293 g/mol. The van der Waals surface area contributed by atoms with Crippen molar-refractivity contribution in [2.75, 3.05) is 6.54 Å². The molecule has 0 amide bonds. The third kappa shape index (κ3) is 2.85. The normalized spacial score (nSPS) is 12.9. The van der Waals surface area contributed by atoms with Crippen LogP contribution in [0.4, 0.5) is 0 Å². The van der Waals surface area contributed by atoms with Gasteiger partial charge in [0.1, 0.15) is 0 Å². The fourth-order valence-corrected chi connectivity index (χ4v) is 4.30. The summed E-state index contributed by atoms with van der Waals surface area (Å²) in [6.07, 6.45) is 0. The minimum absolute atomic E-state index is 0.156. The quantitative estimate of drug-likeness (QED) is 0.826. The summed E-state index contributed by atoms with van der Waals surface area (Å²) in [6.45, 7) is 5.02. The Labute approximate surface area is 119 Å². The highest BCUT2D eigenvalue weighted by atomic mass is 35.5. The van der Waals surface area contributed by atoms with Crippen LogP contribution in [-0.2, 0) is 0 Å². The van der Waals surface area contributed by atoms with Crippen molar-refractivity contribution >= 4 is 45.9 Å². The molecule has 0 radical (unpaired) electrons. The van der Waals surface area contributed by atoms with E-state index in [2.05, 4.69) is 18.3 Å². The average Bonchev–Trinajstić information content (AvgIpc) is 2.83. The number of halogens is 2. The first-order valence-corrected chi connectivity index (χ1v) is 7.80. The first-order chi connectivity index (χ1) is 8.13. The summed E-state index contributed by atoms with van der Waals surface area (Å²) in [5.41, 5.74) is 1.13. The van der Waals surface area contributed by atoms with Crippen molar-refractivity contribution < 1.29 is 0 Å². The van der Waals surface area contributed by atoms with E-state index in [0.29, 0.717) is 0 Å². The van der Waals surface area contributed by atoms with Gasteiger partial charge in [-0.3, -0.25) is 0 Å². The van der Waals surface area contributed by atoms with Crippen LogP contribution in [0.3, 0.4) is 0 Å². The molecule has 92 valence electrons. The van der Waals surface area contributed by atoms with Crippen molar-refractivity contribution in [1.29, 1.82) is 0 Å². The maximum absolute atomic E-state index is 6.21. The van der Waals surface area contributed by atoms with E-state index in [0.717, 1.165) is 26.3 Å². The van der Waals surface area contributed by atoms with Gasteiger partial charge in [0.05, 0.1) is 15.4 Å². The van der Waals surface area contributed by atoms with Crippen molar-refractivity contribution in [2.45, 2.75) is 19.9 Å². The van der Waals surface area contributed by atoms with Gasteiger partial charge in [-0.05, 0) is 36.5 Å². The zero-order valence-corrected chi connectivity index (χ0v) is 12.7. The highest BCUT2D eigenvalue weighted by Gasteiger charge is 2.20. The van der Waals surface area contributed by atoms with Gasteiger partial charge in [-0.1, -0.05) is 30.1 Å². The highest BCUT2D eigenvalue weighted by Crippen LogP contribution is 2.38. The lowest BCUT2D eigenvalue weighted by Gasteiger charge is -2.15. The molecule has 0 aliphatic rings. The molecule has 2 heterocycles. The summed E-state index contributed by atoms with van der Waals surface area (Å²) in [5.74, 6) is 0. The van der Waals surface area contributed by atoms with Crippen LogP contribution in [0.1, 0.15) is 28.3 Å². The first kappa shape index (κ1) is 13.4. The second-order valence-corrected chi connectivity index (χ2v) is 6.77. The van der Waals surface area contributed by atoms with Crippen molar-refractivity contribution in [3.63, 3.8) is 0 Å². The molecule has 17 heavy (non-hydrogen) atoms. The zero-order valence-electron chi connectivity index (χ0n) is 9.59. The highest BCUT2D eigenvalue weighted by molar-refractivity contribution is 7.16. The van der Waals surface area contributed by atoms with Gasteiger partial charge in [0, 0.05) is 9.75 Å². The molecule has 1 N–H and O–H groups in total. The van der Waals surface area contributed by atoms with Crippen molar-refractivity contribution in [2.24, 2.45) is 0 Å². The Morgan fingerprint density at radius 2 is 2.18 bits per heavy atom. The number of rotatable bonds is 4. The Bertz CT molecular complexity index is 485. The summed E-state index contributed by atoms with van der Waals surface area (Å²) in [5, 5.41) is 6.30. The summed E-state index contributed by atoms with van der Waals surface area (Å²) < 4.78 is 0.857. The number of hydrogen-bond donors (Lipinski definition) is 1.